The first-order valence-corrected chi connectivity index (χ1v) is 8.69. The van der Waals surface area contributed by atoms with Gasteiger partial charge in [-0.2, -0.15) is 8.78 Å². The number of alkyl halides is 2. The van der Waals surface area contributed by atoms with Crippen LogP contribution in [0.5, 0.6) is 11.5 Å². The van der Waals surface area contributed by atoms with E-state index in [4.69, 9.17) is 21.1 Å². The van der Waals surface area contributed by atoms with Crippen LogP contribution in [0.25, 0.3) is 0 Å². The van der Waals surface area contributed by atoms with Crippen molar-refractivity contribution in [3.05, 3.63) is 35.4 Å². The summed E-state index contributed by atoms with van der Waals surface area (Å²) in [4.78, 5) is 17.8. The summed E-state index contributed by atoms with van der Waals surface area (Å²) in [5, 5.41) is 3.03. The number of hydrogen-bond donors (Lipinski definition) is 1. The third-order valence-electron chi connectivity index (χ3n) is 3.90. The van der Waals surface area contributed by atoms with E-state index in [9.17, 15) is 13.6 Å². The van der Waals surface area contributed by atoms with Crippen molar-refractivity contribution in [2.45, 2.75) is 19.5 Å². The van der Waals surface area contributed by atoms with E-state index in [-0.39, 0.29) is 24.8 Å². The number of amides is 1. The topological polar surface area (TPSA) is 68.6 Å². The van der Waals surface area contributed by atoms with E-state index in [0.29, 0.717) is 35.4 Å². The van der Waals surface area contributed by atoms with Gasteiger partial charge in [-0.05, 0) is 7.05 Å². The molecular formula is C17H19ClF2N4O3. The Labute approximate surface area is 159 Å². The molecule has 0 radical (unpaired) electrons. The smallest absolute Gasteiger partial charge is 0.319 e. The van der Waals surface area contributed by atoms with Gasteiger partial charge >= 0.3 is 6.55 Å². The van der Waals surface area contributed by atoms with Gasteiger partial charge in [0.25, 0.3) is 0 Å². The fourth-order valence-corrected chi connectivity index (χ4v) is 2.86. The second kappa shape index (κ2) is 8.53. The molecule has 0 saturated heterocycles. The molecular weight excluding hydrogens is 382 g/mol. The van der Waals surface area contributed by atoms with Gasteiger partial charge in [0, 0.05) is 30.9 Å². The molecule has 1 aromatic carbocycles. The Morgan fingerprint density at radius 2 is 2.07 bits per heavy atom. The molecule has 7 nitrogen and oxygen atoms in total. The second-order valence-corrected chi connectivity index (χ2v) is 6.49. The summed E-state index contributed by atoms with van der Waals surface area (Å²) >= 11 is 6.21. The lowest BCUT2D eigenvalue weighted by Crippen LogP contribution is -2.31. The van der Waals surface area contributed by atoms with E-state index in [1.165, 1.54) is 12.4 Å². The molecule has 10 heteroatoms. The summed E-state index contributed by atoms with van der Waals surface area (Å²) < 4.78 is 37.6. The predicted molar refractivity (Wildman–Crippen MR) is 95.5 cm³/mol. The molecule has 0 atom stereocenters. The third-order valence-corrected chi connectivity index (χ3v) is 4.21. The van der Waals surface area contributed by atoms with Gasteiger partial charge in [-0.1, -0.05) is 11.6 Å². The van der Waals surface area contributed by atoms with E-state index in [2.05, 4.69) is 10.3 Å². The SMILES string of the molecule is CN(CC(=O)Nc1cc2c(cc1Cl)OCCCO2)Cc1nccn1C(F)F. The Bertz CT molecular complexity index is 815. The van der Waals surface area contributed by atoms with Crippen LogP contribution < -0.4 is 14.8 Å². The summed E-state index contributed by atoms with van der Waals surface area (Å²) in [7, 11) is 1.64. The normalized spacial score (nSPS) is 13.7. The van der Waals surface area contributed by atoms with Crippen LogP contribution in [-0.2, 0) is 11.3 Å². The Kier molecular flexibility index (Phi) is 6.12. The number of hydrogen-bond acceptors (Lipinski definition) is 5. The van der Waals surface area contributed by atoms with Crippen LogP contribution in [0.15, 0.2) is 24.5 Å². The largest absolute Gasteiger partial charge is 0.490 e. The van der Waals surface area contributed by atoms with Crippen molar-refractivity contribution in [1.82, 2.24) is 14.5 Å². The molecule has 0 bridgehead atoms. The first-order chi connectivity index (χ1) is 12.9. The summed E-state index contributed by atoms with van der Waals surface area (Å²) in [5.74, 6) is 0.879. The van der Waals surface area contributed by atoms with Crippen molar-refractivity contribution < 1.29 is 23.0 Å². The fourth-order valence-electron chi connectivity index (χ4n) is 2.66. The Morgan fingerprint density at radius 1 is 1.37 bits per heavy atom. The number of aromatic nitrogens is 2. The number of imidazole rings is 1. The monoisotopic (exact) mass is 400 g/mol. The molecule has 1 N–H and O–H groups in total. The number of halogens is 3. The summed E-state index contributed by atoms with van der Waals surface area (Å²) in [6.07, 6.45) is 3.26. The molecule has 146 valence electrons. The zero-order chi connectivity index (χ0) is 19.4. The quantitative estimate of drug-likeness (QED) is 0.806. The molecule has 2 heterocycles. The lowest BCUT2D eigenvalue weighted by Gasteiger charge is -2.17. The molecule has 2 aromatic rings. The van der Waals surface area contributed by atoms with Gasteiger partial charge in [-0.3, -0.25) is 14.3 Å². The van der Waals surface area contributed by atoms with E-state index < -0.39 is 6.55 Å². The average Bonchev–Trinajstić information content (AvgIpc) is 2.94. The highest BCUT2D eigenvalue weighted by Crippen LogP contribution is 2.37. The molecule has 1 aliphatic rings. The van der Waals surface area contributed by atoms with Crippen LogP contribution in [-0.4, -0.2) is 47.2 Å². The van der Waals surface area contributed by atoms with Gasteiger partial charge in [-0.25, -0.2) is 4.98 Å². The molecule has 1 aliphatic heterocycles. The van der Waals surface area contributed by atoms with E-state index in [1.807, 2.05) is 0 Å². The van der Waals surface area contributed by atoms with Crippen LogP contribution >= 0.6 is 11.6 Å². The van der Waals surface area contributed by atoms with Crippen molar-refractivity contribution in [2.75, 3.05) is 32.1 Å². The Morgan fingerprint density at radius 3 is 2.78 bits per heavy atom. The molecule has 1 amide bonds. The highest BCUT2D eigenvalue weighted by molar-refractivity contribution is 6.34. The molecule has 27 heavy (non-hydrogen) atoms. The maximum Gasteiger partial charge on any atom is 0.319 e. The number of anilines is 1. The van der Waals surface area contributed by atoms with Gasteiger partial charge in [0.1, 0.15) is 5.82 Å². The number of nitrogens with zero attached hydrogens (tertiary/aromatic N) is 3. The van der Waals surface area contributed by atoms with Crippen LogP contribution in [0, 0.1) is 0 Å². The van der Waals surface area contributed by atoms with Crippen LogP contribution in [0.4, 0.5) is 14.5 Å². The first-order valence-electron chi connectivity index (χ1n) is 8.31. The standard InChI is InChI=1S/C17H19ClF2N4O3/c1-23(9-15-21-3-4-24(15)17(19)20)10-16(25)22-12-8-14-13(7-11(12)18)26-5-2-6-27-14/h3-4,7-8,17H,2,5-6,9-10H2,1H3,(H,22,25). The summed E-state index contributed by atoms with van der Waals surface area (Å²) in [6.45, 7) is -1.55. The number of nitrogens with one attached hydrogen (secondary N) is 1. The Hall–Kier alpha value is -2.39. The van der Waals surface area contributed by atoms with Crippen molar-refractivity contribution in [3.63, 3.8) is 0 Å². The molecule has 0 fully saturated rings. The molecule has 0 unspecified atom stereocenters. The number of carbonyl (C=O) groups is 1. The number of likely N-dealkylation sites (N-methyl/N-ethyl adjacent to an activating group) is 1. The van der Waals surface area contributed by atoms with Gasteiger partial charge < -0.3 is 14.8 Å². The number of carbonyl (C=O) groups excluding carboxylic acids is 1. The second-order valence-electron chi connectivity index (χ2n) is 6.08. The minimum atomic E-state index is -2.68. The van der Waals surface area contributed by atoms with Crippen LogP contribution in [0.1, 0.15) is 18.8 Å². The maximum atomic E-state index is 12.9. The fraction of sp³-hybridized carbons (Fsp3) is 0.412. The maximum absolute atomic E-state index is 12.9. The van der Waals surface area contributed by atoms with Crippen LogP contribution in [0.2, 0.25) is 5.02 Å². The number of ether oxygens (including phenoxy) is 2. The summed E-state index contributed by atoms with van der Waals surface area (Å²) in [5.41, 5.74) is 0.397. The summed E-state index contributed by atoms with van der Waals surface area (Å²) in [6, 6.07) is 3.21. The molecule has 3 rings (SSSR count). The van der Waals surface area contributed by atoms with Crippen molar-refractivity contribution in [3.8, 4) is 11.5 Å². The van der Waals surface area contributed by atoms with Crippen molar-refractivity contribution >= 4 is 23.2 Å². The predicted octanol–water partition coefficient (Wildman–Crippen LogP) is 3.16. The zero-order valence-corrected chi connectivity index (χ0v) is 15.4. The first kappa shape index (κ1) is 19.4. The Balaban J connectivity index is 1.62. The molecule has 0 spiro atoms. The van der Waals surface area contributed by atoms with E-state index in [0.717, 1.165) is 11.0 Å². The molecule has 1 aromatic heterocycles. The lowest BCUT2D eigenvalue weighted by atomic mass is 10.2. The average molecular weight is 401 g/mol. The number of fused-ring (bicyclic) bond motifs is 1. The highest BCUT2D eigenvalue weighted by Gasteiger charge is 2.18. The third kappa shape index (κ3) is 4.86. The van der Waals surface area contributed by atoms with Gasteiger partial charge in [0.05, 0.1) is 37.0 Å². The van der Waals surface area contributed by atoms with Gasteiger partial charge in [0.15, 0.2) is 11.5 Å². The lowest BCUT2D eigenvalue weighted by molar-refractivity contribution is -0.117. The highest BCUT2D eigenvalue weighted by atomic mass is 35.5. The number of rotatable bonds is 6. The zero-order valence-electron chi connectivity index (χ0n) is 14.6. The van der Waals surface area contributed by atoms with Crippen molar-refractivity contribution in [1.29, 1.82) is 0 Å². The number of benzene rings is 1. The minimum absolute atomic E-state index is 0.0269. The molecule has 0 saturated carbocycles. The van der Waals surface area contributed by atoms with Gasteiger partial charge in [0.2, 0.25) is 5.91 Å². The van der Waals surface area contributed by atoms with Crippen molar-refractivity contribution in [2.24, 2.45) is 0 Å². The van der Waals surface area contributed by atoms with Gasteiger partial charge in [-0.15, -0.1) is 0 Å². The minimum Gasteiger partial charge on any atom is -0.490 e. The van der Waals surface area contributed by atoms with E-state index >= 15 is 0 Å². The molecule has 0 aliphatic carbocycles. The van der Waals surface area contributed by atoms with Crippen LogP contribution in [0.3, 0.4) is 0 Å². The van der Waals surface area contributed by atoms with E-state index in [1.54, 1.807) is 24.1 Å².